The Morgan fingerprint density at radius 1 is 1.08 bits per heavy atom. The van der Waals surface area contributed by atoms with Crippen LogP contribution < -0.4 is 5.32 Å². The predicted molar refractivity (Wildman–Crippen MR) is 99.8 cm³/mol. The highest BCUT2D eigenvalue weighted by molar-refractivity contribution is 6.03. The van der Waals surface area contributed by atoms with E-state index in [0.29, 0.717) is 24.3 Å². The summed E-state index contributed by atoms with van der Waals surface area (Å²) in [5, 5.41) is 11.6. The maximum Gasteiger partial charge on any atom is 0.274 e. The second kappa shape index (κ2) is 9.33. The largest absolute Gasteiger partial charge is 0.337 e. The fourth-order valence-electron chi connectivity index (χ4n) is 2.56. The first-order valence-corrected chi connectivity index (χ1v) is 8.66. The van der Waals surface area contributed by atoms with E-state index in [1.807, 2.05) is 19.9 Å². The number of carbonyl (C=O) groups is 2. The Bertz CT molecular complexity index is 821. The third-order valence-corrected chi connectivity index (χ3v) is 3.72. The van der Waals surface area contributed by atoms with E-state index in [0.717, 1.165) is 12.8 Å². The monoisotopic (exact) mass is 350 g/mol. The number of benzene rings is 1. The first-order chi connectivity index (χ1) is 12.6. The minimum absolute atomic E-state index is 0.158. The van der Waals surface area contributed by atoms with Gasteiger partial charge in [-0.05, 0) is 43.2 Å². The third-order valence-electron chi connectivity index (χ3n) is 3.72. The van der Waals surface area contributed by atoms with E-state index >= 15 is 0 Å². The minimum atomic E-state index is -0.424. The van der Waals surface area contributed by atoms with Gasteiger partial charge in [-0.1, -0.05) is 26.0 Å². The summed E-state index contributed by atoms with van der Waals surface area (Å²) in [7, 11) is 0. The summed E-state index contributed by atoms with van der Waals surface area (Å²) in [6.07, 6.45) is 1.72. The number of nitrogens with zero attached hydrogens (tertiary/aromatic N) is 3. The highest BCUT2D eigenvalue weighted by Gasteiger charge is 2.17. The average molecular weight is 350 g/mol. The Kier molecular flexibility index (Phi) is 6.86. The quantitative estimate of drug-likeness (QED) is 0.828. The zero-order valence-corrected chi connectivity index (χ0v) is 15.0. The standard InChI is InChI=1S/C20H22N4O2/c1-3-11-24(12-4-2)20(26)18-10-6-9-17(23-18)19(25)22-16-8-5-7-15(13-16)14-21/h5-10,13H,3-4,11-12H2,1-2H3,(H,22,25). The molecule has 0 aliphatic heterocycles. The lowest BCUT2D eigenvalue weighted by Gasteiger charge is -2.21. The molecule has 2 amide bonds. The number of nitriles is 1. The van der Waals surface area contributed by atoms with Crippen molar-refractivity contribution in [2.75, 3.05) is 18.4 Å². The number of carbonyl (C=O) groups excluding carboxylic acids is 2. The molecule has 0 aliphatic carbocycles. The molecule has 26 heavy (non-hydrogen) atoms. The molecule has 0 saturated carbocycles. The van der Waals surface area contributed by atoms with Crippen molar-refractivity contribution in [3.63, 3.8) is 0 Å². The molecule has 2 aromatic rings. The Morgan fingerprint density at radius 2 is 1.73 bits per heavy atom. The van der Waals surface area contributed by atoms with Crippen LogP contribution in [0.3, 0.4) is 0 Å². The smallest absolute Gasteiger partial charge is 0.274 e. The molecular weight excluding hydrogens is 328 g/mol. The second-order valence-corrected chi connectivity index (χ2v) is 5.85. The van der Waals surface area contributed by atoms with Crippen molar-refractivity contribution >= 4 is 17.5 Å². The number of rotatable bonds is 7. The van der Waals surface area contributed by atoms with Crippen molar-refractivity contribution in [1.29, 1.82) is 5.26 Å². The SMILES string of the molecule is CCCN(CCC)C(=O)c1cccc(C(=O)Nc2cccc(C#N)c2)n1. The van der Waals surface area contributed by atoms with E-state index in [9.17, 15) is 9.59 Å². The molecule has 1 aromatic carbocycles. The summed E-state index contributed by atoms with van der Waals surface area (Å²) in [5.41, 5.74) is 1.37. The molecule has 0 aliphatic rings. The molecule has 0 radical (unpaired) electrons. The molecule has 0 fully saturated rings. The summed E-state index contributed by atoms with van der Waals surface area (Å²) in [5.74, 6) is -0.595. The maximum atomic E-state index is 12.6. The van der Waals surface area contributed by atoms with Gasteiger partial charge in [-0.2, -0.15) is 5.26 Å². The van der Waals surface area contributed by atoms with Crippen LogP contribution >= 0.6 is 0 Å². The number of anilines is 1. The van der Waals surface area contributed by atoms with Crippen molar-refractivity contribution < 1.29 is 9.59 Å². The van der Waals surface area contributed by atoms with Gasteiger partial charge in [-0.25, -0.2) is 4.98 Å². The van der Waals surface area contributed by atoms with Crippen LogP contribution in [-0.4, -0.2) is 34.8 Å². The Morgan fingerprint density at radius 3 is 2.38 bits per heavy atom. The number of hydrogen-bond donors (Lipinski definition) is 1. The number of aromatic nitrogens is 1. The van der Waals surface area contributed by atoms with Gasteiger partial charge in [0, 0.05) is 18.8 Å². The number of hydrogen-bond acceptors (Lipinski definition) is 4. The molecule has 0 saturated heterocycles. The summed E-state index contributed by atoms with van der Waals surface area (Å²) < 4.78 is 0. The second-order valence-electron chi connectivity index (χ2n) is 5.85. The molecule has 1 aromatic heterocycles. The lowest BCUT2D eigenvalue weighted by Crippen LogP contribution is -2.33. The van der Waals surface area contributed by atoms with Crippen LogP contribution in [-0.2, 0) is 0 Å². The van der Waals surface area contributed by atoms with Gasteiger partial charge < -0.3 is 10.2 Å². The zero-order valence-electron chi connectivity index (χ0n) is 15.0. The molecule has 1 heterocycles. The fraction of sp³-hybridized carbons (Fsp3) is 0.300. The zero-order chi connectivity index (χ0) is 18.9. The summed E-state index contributed by atoms with van der Waals surface area (Å²) >= 11 is 0. The fourth-order valence-corrected chi connectivity index (χ4v) is 2.56. The number of amides is 2. The Hall–Kier alpha value is -3.20. The van der Waals surface area contributed by atoms with Gasteiger partial charge in [-0.15, -0.1) is 0 Å². The van der Waals surface area contributed by atoms with Gasteiger partial charge in [0.25, 0.3) is 11.8 Å². The van der Waals surface area contributed by atoms with Crippen LogP contribution in [0.15, 0.2) is 42.5 Å². The molecule has 0 atom stereocenters. The van der Waals surface area contributed by atoms with Gasteiger partial charge in [0.2, 0.25) is 0 Å². The number of pyridine rings is 1. The topological polar surface area (TPSA) is 86.1 Å². The normalized spacial score (nSPS) is 10.0. The molecular formula is C20H22N4O2. The Labute approximate surface area is 153 Å². The lowest BCUT2D eigenvalue weighted by atomic mass is 10.2. The molecule has 6 heteroatoms. The van der Waals surface area contributed by atoms with Crippen molar-refractivity contribution in [2.45, 2.75) is 26.7 Å². The number of nitrogens with one attached hydrogen (secondary N) is 1. The van der Waals surface area contributed by atoms with Crippen LogP contribution in [0, 0.1) is 11.3 Å². The molecule has 134 valence electrons. The van der Waals surface area contributed by atoms with Crippen LogP contribution in [0.2, 0.25) is 0 Å². The Balaban J connectivity index is 2.18. The molecule has 0 unspecified atom stereocenters. The first kappa shape index (κ1) is 19.1. The van der Waals surface area contributed by atoms with E-state index in [1.54, 1.807) is 47.4 Å². The highest BCUT2D eigenvalue weighted by atomic mass is 16.2. The van der Waals surface area contributed by atoms with Crippen LogP contribution in [0.4, 0.5) is 5.69 Å². The molecule has 6 nitrogen and oxygen atoms in total. The summed E-state index contributed by atoms with van der Waals surface area (Å²) in [6, 6.07) is 13.5. The van der Waals surface area contributed by atoms with Crippen LogP contribution in [0.5, 0.6) is 0 Å². The van der Waals surface area contributed by atoms with Crippen LogP contribution in [0.1, 0.15) is 53.2 Å². The van der Waals surface area contributed by atoms with Crippen molar-refractivity contribution in [3.8, 4) is 6.07 Å². The first-order valence-electron chi connectivity index (χ1n) is 8.66. The molecule has 1 N–H and O–H groups in total. The minimum Gasteiger partial charge on any atom is -0.337 e. The average Bonchev–Trinajstić information content (AvgIpc) is 2.67. The van der Waals surface area contributed by atoms with E-state index in [4.69, 9.17) is 5.26 Å². The van der Waals surface area contributed by atoms with Gasteiger partial charge >= 0.3 is 0 Å². The molecule has 2 rings (SSSR count). The van der Waals surface area contributed by atoms with Gasteiger partial charge in [0.1, 0.15) is 11.4 Å². The van der Waals surface area contributed by atoms with Crippen molar-refractivity contribution in [2.24, 2.45) is 0 Å². The summed E-state index contributed by atoms with van der Waals surface area (Å²) in [4.78, 5) is 31.0. The predicted octanol–water partition coefficient (Wildman–Crippen LogP) is 3.47. The highest BCUT2D eigenvalue weighted by Crippen LogP contribution is 2.12. The van der Waals surface area contributed by atoms with E-state index in [1.165, 1.54) is 0 Å². The molecule has 0 bridgehead atoms. The van der Waals surface area contributed by atoms with E-state index in [-0.39, 0.29) is 17.3 Å². The van der Waals surface area contributed by atoms with E-state index < -0.39 is 5.91 Å². The lowest BCUT2D eigenvalue weighted by molar-refractivity contribution is 0.0749. The van der Waals surface area contributed by atoms with Gasteiger partial charge in [0.05, 0.1) is 11.6 Å². The molecule has 0 spiro atoms. The third kappa shape index (κ3) is 4.90. The maximum absolute atomic E-state index is 12.6. The van der Waals surface area contributed by atoms with Crippen LogP contribution in [0.25, 0.3) is 0 Å². The van der Waals surface area contributed by atoms with Gasteiger partial charge in [0.15, 0.2) is 0 Å². The van der Waals surface area contributed by atoms with E-state index in [2.05, 4.69) is 10.3 Å². The van der Waals surface area contributed by atoms with Crippen molar-refractivity contribution in [3.05, 3.63) is 59.4 Å². The van der Waals surface area contributed by atoms with Crippen molar-refractivity contribution in [1.82, 2.24) is 9.88 Å². The van der Waals surface area contributed by atoms with Gasteiger partial charge in [-0.3, -0.25) is 9.59 Å². The summed E-state index contributed by atoms with van der Waals surface area (Å²) in [6.45, 7) is 5.35.